The smallest absolute Gasteiger partial charge is 0.219 e. The number of rotatable bonds is 6. The number of hydrogen-bond acceptors (Lipinski definition) is 8. The van der Waals surface area contributed by atoms with E-state index in [1.54, 1.807) is 27.6 Å². The average Bonchev–Trinajstić information content (AvgIpc) is 3.37. The van der Waals surface area contributed by atoms with E-state index in [-0.39, 0.29) is 11.5 Å². The molecule has 2 aliphatic rings. The molecule has 0 unspecified atom stereocenters. The molecule has 1 saturated heterocycles. The van der Waals surface area contributed by atoms with Gasteiger partial charge in [0.2, 0.25) is 5.91 Å². The average molecular weight is 528 g/mol. The predicted octanol–water partition coefficient (Wildman–Crippen LogP) is 1.06. The zero-order chi connectivity index (χ0) is 27.0. The van der Waals surface area contributed by atoms with Gasteiger partial charge in [0.25, 0.3) is 0 Å². The molecule has 4 heterocycles. The number of nitrogens with zero attached hydrogens (tertiary/aromatic N) is 7. The van der Waals surface area contributed by atoms with Gasteiger partial charge in [-0.1, -0.05) is 0 Å². The molecule has 1 amide bonds. The van der Waals surface area contributed by atoms with Gasteiger partial charge >= 0.3 is 0 Å². The summed E-state index contributed by atoms with van der Waals surface area (Å²) in [5, 5.41) is 24.9. The first-order chi connectivity index (χ1) is 18.3. The van der Waals surface area contributed by atoms with Gasteiger partial charge in [-0.15, -0.1) is 0 Å². The maximum Gasteiger partial charge on any atom is 0.219 e. The summed E-state index contributed by atoms with van der Waals surface area (Å²) in [6.07, 6.45) is 4.17. The molecule has 0 atom stereocenters. The highest BCUT2D eigenvalue weighted by atomic mass is 19.1. The van der Waals surface area contributed by atoms with Crippen LogP contribution in [0.15, 0.2) is 30.6 Å². The van der Waals surface area contributed by atoms with Gasteiger partial charge in [0, 0.05) is 70.4 Å². The highest BCUT2D eigenvalue weighted by molar-refractivity contribution is 5.74. The van der Waals surface area contributed by atoms with E-state index < -0.39 is 30.4 Å². The molecule has 0 bridgehead atoms. The minimum atomic E-state index is -1.47. The van der Waals surface area contributed by atoms with Crippen molar-refractivity contribution in [2.24, 2.45) is 7.05 Å². The first-order valence-electron chi connectivity index (χ1n) is 12.6. The van der Waals surface area contributed by atoms with Gasteiger partial charge in [-0.05, 0) is 18.2 Å². The first-order valence-corrected chi connectivity index (χ1v) is 12.6. The highest BCUT2D eigenvalue weighted by Gasteiger charge is 2.42. The zero-order valence-corrected chi connectivity index (χ0v) is 21.4. The Bertz CT molecular complexity index is 1340. The quantitative estimate of drug-likeness (QED) is 0.490. The number of carbonyl (C=O) groups excluding carboxylic acids is 1. The summed E-state index contributed by atoms with van der Waals surface area (Å²) in [4.78, 5) is 27.5. The Morgan fingerprint density at radius 2 is 1.79 bits per heavy atom. The second-order valence-electron chi connectivity index (χ2n) is 9.83. The predicted molar refractivity (Wildman–Crippen MR) is 135 cm³/mol. The number of carbonyl (C=O) groups is 1. The molecule has 0 saturated carbocycles. The normalized spacial score (nSPS) is 16.6. The third kappa shape index (κ3) is 4.63. The molecular weight excluding hydrogens is 496 g/mol. The number of aryl methyl sites for hydroxylation is 1. The standard InChI is InChI=1S/C26H31F2N7O3/c1-17(38)34-6-5-22-23(14-34)30-24(18-12-29-32(2)13-18)25(31-22)33-7-9-35(10-8-33)26(15-36,16-37)20-11-19(27)3-4-21(20)28/h3-4,11-13,36-37H,5-10,14-16H2,1-2H3. The van der Waals surface area contributed by atoms with Gasteiger partial charge in [0.1, 0.15) is 17.3 Å². The first kappa shape index (κ1) is 26.1. The summed E-state index contributed by atoms with van der Waals surface area (Å²) in [5.74, 6) is -0.647. The van der Waals surface area contributed by atoms with E-state index in [9.17, 15) is 23.8 Å². The number of fused-ring (bicyclic) bond motifs is 1. The maximum absolute atomic E-state index is 14.7. The Morgan fingerprint density at radius 1 is 1.05 bits per heavy atom. The van der Waals surface area contributed by atoms with Crippen LogP contribution in [0, 0.1) is 11.6 Å². The van der Waals surface area contributed by atoms with Gasteiger partial charge in [-0.25, -0.2) is 18.7 Å². The van der Waals surface area contributed by atoms with Gasteiger partial charge in [0.05, 0.1) is 42.9 Å². The maximum atomic E-state index is 14.7. The molecule has 38 heavy (non-hydrogen) atoms. The Labute approximate surface area is 219 Å². The van der Waals surface area contributed by atoms with Crippen LogP contribution in [-0.2, 0) is 30.3 Å². The lowest BCUT2D eigenvalue weighted by Gasteiger charge is -2.46. The number of hydrogen-bond donors (Lipinski definition) is 2. The van der Waals surface area contributed by atoms with E-state index in [2.05, 4.69) is 10.00 Å². The number of piperazine rings is 1. The van der Waals surface area contributed by atoms with Crippen LogP contribution >= 0.6 is 0 Å². The topological polar surface area (TPSA) is 111 Å². The lowest BCUT2D eigenvalue weighted by molar-refractivity contribution is -0.129. The van der Waals surface area contributed by atoms with Gasteiger partial charge < -0.3 is 20.0 Å². The largest absolute Gasteiger partial charge is 0.394 e. The van der Waals surface area contributed by atoms with Gasteiger partial charge in [0.15, 0.2) is 5.82 Å². The molecule has 12 heteroatoms. The Morgan fingerprint density at radius 3 is 2.42 bits per heavy atom. The number of amides is 1. The van der Waals surface area contributed by atoms with Crippen molar-refractivity contribution in [3.63, 3.8) is 0 Å². The fourth-order valence-electron chi connectivity index (χ4n) is 5.34. The van der Waals surface area contributed by atoms with E-state index in [0.29, 0.717) is 57.2 Å². The molecule has 1 fully saturated rings. The molecule has 1 aromatic carbocycles. The Balaban J connectivity index is 1.46. The summed E-state index contributed by atoms with van der Waals surface area (Å²) in [6.45, 7) is 3.01. The van der Waals surface area contributed by atoms with Gasteiger partial charge in [-0.3, -0.25) is 14.4 Å². The van der Waals surface area contributed by atoms with Crippen molar-refractivity contribution in [2.45, 2.75) is 25.4 Å². The molecule has 5 rings (SSSR count). The molecule has 0 spiro atoms. The third-order valence-electron chi connectivity index (χ3n) is 7.55. The number of aromatic nitrogens is 4. The molecule has 2 aliphatic heterocycles. The van der Waals surface area contributed by atoms with Crippen LogP contribution < -0.4 is 4.90 Å². The number of anilines is 1. The molecule has 10 nitrogen and oxygen atoms in total. The molecule has 2 N–H and O–H groups in total. The van der Waals surface area contributed by atoms with E-state index in [1.165, 1.54) is 0 Å². The lowest BCUT2D eigenvalue weighted by Crippen LogP contribution is -2.59. The zero-order valence-electron chi connectivity index (χ0n) is 21.4. The minimum absolute atomic E-state index is 0.00781. The second kappa shape index (κ2) is 10.4. The van der Waals surface area contributed by atoms with Crippen LogP contribution in [0.3, 0.4) is 0 Å². The van der Waals surface area contributed by atoms with Crippen LogP contribution in [0.4, 0.5) is 14.6 Å². The Hall–Kier alpha value is -3.48. The van der Waals surface area contributed by atoms with Crippen LogP contribution in [0.2, 0.25) is 0 Å². The summed E-state index contributed by atoms with van der Waals surface area (Å²) in [5.41, 5.74) is 1.51. The lowest BCUT2D eigenvalue weighted by atomic mass is 9.88. The number of benzene rings is 1. The fourth-order valence-corrected chi connectivity index (χ4v) is 5.34. The van der Waals surface area contributed by atoms with E-state index in [4.69, 9.17) is 9.97 Å². The third-order valence-corrected chi connectivity index (χ3v) is 7.55. The second-order valence-corrected chi connectivity index (χ2v) is 9.83. The van der Waals surface area contributed by atoms with Crippen molar-refractivity contribution in [1.29, 1.82) is 0 Å². The number of aliphatic hydroxyl groups excluding tert-OH is 2. The summed E-state index contributed by atoms with van der Waals surface area (Å²) < 4.78 is 30.4. The van der Waals surface area contributed by atoms with Crippen molar-refractivity contribution < 1.29 is 23.8 Å². The Kier molecular flexibility index (Phi) is 7.12. The van der Waals surface area contributed by atoms with Crippen LogP contribution in [0.5, 0.6) is 0 Å². The van der Waals surface area contributed by atoms with Crippen molar-refractivity contribution in [3.8, 4) is 11.3 Å². The van der Waals surface area contributed by atoms with Crippen LogP contribution in [-0.4, -0.2) is 91.6 Å². The van der Waals surface area contributed by atoms with Crippen molar-refractivity contribution in [1.82, 2.24) is 29.5 Å². The van der Waals surface area contributed by atoms with Crippen LogP contribution in [0.1, 0.15) is 23.9 Å². The van der Waals surface area contributed by atoms with Crippen molar-refractivity contribution in [3.05, 3.63) is 59.2 Å². The molecule has 0 radical (unpaired) electrons. The summed E-state index contributed by atoms with van der Waals surface area (Å²) in [7, 11) is 1.82. The molecule has 0 aliphatic carbocycles. The SMILES string of the molecule is CC(=O)N1CCc2nc(N3CCN(C(CO)(CO)c4cc(F)ccc4F)CC3)c(-c3cnn(C)c3)nc2C1. The number of halogens is 2. The molecular formula is C26H31F2N7O3. The van der Waals surface area contributed by atoms with Crippen molar-refractivity contribution in [2.75, 3.05) is 50.8 Å². The van der Waals surface area contributed by atoms with E-state index in [1.807, 2.05) is 13.2 Å². The monoisotopic (exact) mass is 527 g/mol. The fraction of sp³-hybridized carbons (Fsp3) is 0.462. The highest BCUT2D eigenvalue weighted by Crippen LogP contribution is 2.35. The number of aliphatic hydroxyl groups is 2. The van der Waals surface area contributed by atoms with Crippen LogP contribution in [0.25, 0.3) is 11.3 Å². The van der Waals surface area contributed by atoms with E-state index >= 15 is 0 Å². The molecule has 2 aromatic heterocycles. The van der Waals surface area contributed by atoms with E-state index in [0.717, 1.165) is 35.2 Å². The molecule has 202 valence electrons. The minimum Gasteiger partial charge on any atom is -0.394 e. The van der Waals surface area contributed by atoms with Crippen molar-refractivity contribution >= 4 is 11.7 Å². The summed E-state index contributed by atoms with van der Waals surface area (Å²) >= 11 is 0. The van der Waals surface area contributed by atoms with Gasteiger partial charge in [-0.2, -0.15) is 5.10 Å². The molecule has 3 aromatic rings. The summed E-state index contributed by atoms with van der Waals surface area (Å²) in [6, 6.07) is 3.06.